The van der Waals surface area contributed by atoms with Crippen LogP contribution in [0.15, 0.2) is 148 Å². The Bertz CT molecular complexity index is 2620. The first kappa shape index (κ1) is 36.6. The molecular formula is C50H46N4O2. The molecule has 6 nitrogen and oxygen atoms in total. The Morgan fingerprint density at radius 3 is 1.23 bits per heavy atom. The molecule has 278 valence electrons. The van der Waals surface area contributed by atoms with Gasteiger partial charge in [-0.3, -0.25) is 0 Å². The van der Waals surface area contributed by atoms with Crippen LogP contribution < -0.4 is 0 Å². The highest BCUT2D eigenvalue weighted by atomic mass is 16.4. The molecule has 0 aliphatic rings. The lowest BCUT2D eigenvalue weighted by molar-refractivity contribution is 0.582. The second kappa shape index (κ2) is 14.7. The van der Waals surface area contributed by atoms with Gasteiger partial charge in [-0.2, -0.15) is 0 Å². The van der Waals surface area contributed by atoms with Crippen molar-refractivity contribution in [1.29, 1.82) is 0 Å². The highest BCUT2D eigenvalue weighted by molar-refractivity contribution is 5.76. The quantitative estimate of drug-likeness (QED) is 0.155. The molecule has 0 spiro atoms. The molecule has 2 aromatic heterocycles. The molecule has 0 saturated carbocycles. The van der Waals surface area contributed by atoms with Crippen molar-refractivity contribution in [2.75, 3.05) is 0 Å². The van der Waals surface area contributed by atoms with Gasteiger partial charge in [0.05, 0.1) is 0 Å². The largest absolute Gasteiger partial charge is 0.416 e. The standard InChI is InChI=1S/C50H46N4O2/c1-32-30-39(48-54-53-47(56-48)36-22-27-41(28-23-36)50(5,6)7)24-29-42(32)44-15-11-9-13-38(44)31-37-12-8-10-14-43(37)33-16-18-34(19-17-33)45-51-52-46(55-45)35-20-25-40(26-21-35)49(2,3)4/h8-30H,31H2,1-7H3. The summed E-state index contributed by atoms with van der Waals surface area (Å²) < 4.78 is 12.3. The van der Waals surface area contributed by atoms with E-state index in [9.17, 15) is 0 Å². The van der Waals surface area contributed by atoms with Crippen molar-refractivity contribution in [2.24, 2.45) is 0 Å². The van der Waals surface area contributed by atoms with Gasteiger partial charge >= 0.3 is 0 Å². The third-order valence-electron chi connectivity index (χ3n) is 10.5. The maximum absolute atomic E-state index is 6.17. The van der Waals surface area contributed by atoms with E-state index in [2.05, 4.69) is 196 Å². The van der Waals surface area contributed by atoms with E-state index in [4.69, 9.17) is 8.83 Å². The van der Waals surface area contributed by atoms with Gasteiger partial charge in [0.1, 0.15) is 0 Å². The summed E-state index contributed by atoms with van der Waals surface area (Å²) in [4.78, 5) is 0. The molecule has 8 aromatic rings. The predicted octanol–water partition coefficient (Wildman–Crippen LogP) is 12.9. The second-order valence-corrected chi connectivity index (χ2v) is 16.6. The Hall–Kier alpha value is -6.40. The first-order valence-corrected chi connectivity index (χ1v) is 19.2. The molecule has 0 bridgehead atoms. The van der Waals surface area contributed by atoms with Crippen molar-refractivity contribution in [3.63, 3.8) is 0 Å². The maximum Gasteiger partial charge on any atom is 0.248 e. The fourth-order valence-corrected chi connectivity index (χ4v) is 7.13. The molecule has 6 heteroatoms. The van der Waals surface area contributed by atoms with E-state index in [0.29, 0.717) is 23.6 Å². The summed E-state index contributed by atoms with van der Waals surface area (Å²) in [6.07, 6.45) is 0.775. The summed E-state index contributed by atoms with van der Waals surface area (Å²) in [7, 11) is 0. The van der Waals surface area contributed by atoms with Gasteiger partial charge in [-0.15, -0.1) is 20.4 Å². The molecule has 0 aliphatic heterocycles. The Balaban J connectivity index is 1.01. The Kier molecular flexibility index (Phi) is 9.59. The third-order valence-corrected chi connectivity index (χ3v) is 10.5. The summed E-state index contributed by atoms with van der Waals surface area (Å²) in [5.74, 6) is 2.04. The van der Waals surface area contributed by atoms with Crippen LogP contribution in [-0.2, 0) is 17.3 Å². The van der Waals surface area contributed by atoms with Crippen molar-refractivity contribution < 1.29 is 8.83 Å². The monoisotopic (exact) mass is 734 g/mol. The molecule has 0 atom stereocenters. The van der Waals surface area contributed by atoms with Crippen LogP contribution in [0.1, 0.15) is 69.4 Å². The normalized spacial score (nSPS) is 11.9. The Morgan fingerprint density at radius 2 is 0.768 bits per heavy atom. The topological polar surface area (TPSA) is 77.8 Å². The first-order chi connectivity index (χ1) is 26.9. The summed E-state index contributed by atoms with van der Waals surface area (Å²) in [6, 6.07) is 48.7. The van der Waals surface area contributed by atoms with Crippen LogP contribution in [0.5, 0.6) is 0 Å². The molecule has 2 heterocycles. The lowest BCUT2D eigenvalue weighted by atomic mass is 9.87. The highest BCUT2D eigenvalue weighted by Gasteiger charge is 2.18. The number of benzene rings is 6. The summed E-state index contributed by atoms with van der Waals surface area (Å²) in [5.41, 5.74) is 14.6. The summed E-state index contributed by atoms with van der Waals surface area (Å²) in [6.45, 7) is 15.4. The van der Waals surface area contributed by atoms with Gasteiger partial charge in [-0.1, -0.05) is 133 Å². The SMILES string of the molecule is Cc1cc(-c2nnc(-c3ccc(C(C)(C)C)cc3)o2)ccc1-c1ccccc1Cc1ccccc1-c1ccc(-c2nnc(-c3ccc(C(C)(C)C)cc3)o2)cc1. The van der Waals surface area contributed by atoms with Crippen LogP contribution >= 0.6 is 0 Å². The van der Waals surface area contributed by atoms with Crippen LogP contribution in [0, 0.1) is 6.92 Å². The molecule has 0 amide bonds. The molecule has 0 unspecified atom stereocenters. The molecule has 8 rings (SSSR count). The van der Waals surface area contributed by atoms with E-state index in [0.717, 1.165) is 39.8 Å². The zero-order valence-corrected chi connectivity index (χ0v) is 33.1. The average molecular weight is 735 g/mol. The maximum atomic E-state index is 6.17. The zero-order valence-electron chi connectivity index (χ0n) is 33.1. The van der Waals surface area contributed by atoms with Gasteiger partial charge in [-0.05, 0) is 123 Å². The number of rotatable bonds is 8. The van der Waals surface area contributed by atoms with Crippen LogP contribution in [0.3, 0.4) is 0 Å². The van der Waals surface area contributed by atoms with E-state index in [1.54, 1.807) is 0 Å². The minimum Gasteiger partial charge on any atom is -0.416 e. The number of aromatic nitrogens is 4. The van der Waals surface area contributed by atoms with Gasteiger partial charge < -0.3 is 8.83 Å². The number of hydrogen-bond donors (Lipinski definition) is 0. The third kappa shape index (κ3) is 7.60. The Labute approximate surface area is 329 Å². The fourth-order valence-electron chi connectivity index (χ4n) is 7.13. The van der Waals surface area contributed by atoms with E-state index in [1.165, 1.54) is 38.9 Å². The summed E-state index contributed by atoms with van der Waals surface area (Å²) in [5, 5.41) is 17.5. The fraction of sp³-hybridized carbons (Fsp3) is 0.200. The molecule has 56 heavy (non-hydrogen) atoms. The van der Waals surface area contributed by atoms with E-state index in [-0.39, 0.29) is 10.8 Å². The van der Waals surface area contributed by atoms with Crippen LogP contribution in [0.25, 0.3) is 68.1 Å². The molecule has 6 aromatic carbocycles. The highest BCUT2D eigenvalue weighted by Crippen LogP contribution is 2.35. The molecule has 0 aliphatic carbocycles. The van der Waals surface area contributed by atoms with Crippen molar-refractivity contribution in [3.8, 4) is 68.1 Å². The number of aryl methyl sites for hydroxylation is 1. The molecule has 0 saturated heterocycles. The molecule has 0 fully saturated rings. The minimum atomic E-state index is 0.0795. The van der Waals surface area contributed by atoms with Gasteiger partial charge in [0.2, 0.25) is 23.6 Å². The number of hydrogen-bond acceptors (Lipinski definition) is 6. The summed E-state index contributed by atoms with van der Waals surface area (Å²) >= 11 is 0. The zero-order chi connectivity index (χ0) is 39.0. The van der Waals surface area contributed by atoms with Crippen LogP contribution in [0.4, 0.5) is 0 Å². The average Bonchev–Trinajstić information content (AvgIpc) is 3.90. The molecular weight excluding hydrogens is 689 g/mol. The van der Waals surface area contributed by atoms with Gasteiger partial charge in [0.15, 0.2) is 0 Å². The molecule has 0 N–H and O–H groups in total. The van der Waals surface area contributed by atoms with Gasteiger partial charge in [-0.25, -0.2) is 0 Å². The van der Waals surface area contributed by atoms with Crippen molar-refractivity contribution in [2.45, 2.75) is 65.7 Å². The van der Waals surface area contributed by atoms with E-state index in [1.807, 2.05) is 12.1 Å². The molecule has 0 radical (unpaired) electrons. The minimum absolute atomic E-state index is 0.0795. The van der Waals surface area contributed by atoms with Gasteiger partial charge in [0, 0.05) is 22.3 Å². The predicted molar refractivity (Wildman–Crippen MR) is 226 cm³/mol. The second-order valence-electron chi connectivity index (χ2n) is 16.6. The van der Waals surface area contributed by atoms with Crippen molar-refractivity contribution in [3.05, 3.63) is 167 Å². The van der Waals surface area contributed by atoms with Crippen LogP contribution in [-0.4, -0.2) is 20.4 Å². The van der Waals surface area contributed by atoms with Crippen molar-refractivity contribution in [1.82, 2.24) is 20.4 Å². The smallest absolute Gasteiger partial charge is 0.248 e. The van der Waals surface area contributed by atoms with Crippen LogP contribution in [0.2, 0.25) is 0 Å². The number of nitrogens with zero attached hydrogens (tertiary/aromatic N) is 4. The lowest BCUT2D eigenvalue weighted by Crippen LogP contribution is -2.10. The van der Waals surface area contributed by atoms with Crippen molar-refractivity contribution >= 4 is 0 Å². The van der Waals surface area contributed by atoms with E-state index < -0.39 is 0 Å². The lowest BCUT2D eigenvalue weighted by Gasteiger charge is -2.18. The first-order valence-electron chi connectivity index (χ1n) is 19.2. The van der Waals surface area contributed by atoms with E-state index >= 15 is 0 Å². The Morgan fingerprint density at radius 1 is 0.393 bits per heavy atom. The van der Waals surface area contributed by atoms with Gasteiger partial charge in [0.25, 0.3) is 0 Å².